The second-order valence-electron chi connectivity index (χ2n) is 7.67. The van der Waals surface area contributed by atoms with Crippen molar-refractivity contribution in [1.82, 2.24) is 10.2 Å². The Bertz CT molecular complexity index is 780. The van der Waals surface area contributed by atoms with Gasteiger partial charge in [0.1, 0.15) is 12.4 Å². The van der Waals surface area contributed by atoms with E-state index in [1.54, 1.807) is 0 Å². The molecule has 3 heteroatoms. The zero-order chi connectivity index (χ0) is 19.4. The Morgan fingerprint density at radius 2 is 1.70 bits per heavy atom. The highest BCUT2D eigenvalue weighted by molar-refractivity contribution is 5.47. The first-order valence-electron chi connectivity index (χ1n) is 10.3. The lowest BCUT2D eigenvalue weighted by Gasteiger charge is -2.29. The number of likely N-dealkylation sites (N-methyl/N-ethyl adjacent to an activating group) is 1. The third kappa shape index (κ3) is 4.53. The number of hydrogen-bond acceptors (Lipinski definition) is 3. The molecule has 0 bridgehead atoms. The van der Waals surface area contributed by atoms with Gasteiger partial charge in [-0.15, -0.1) is 0 Å². The molecule has 2 aromatic carbocycles. The van der Waals surface area contributed by atoms with Gasteiger partial charge in [-0.25, -0.2) is 0 Å². The molecular weight excluding hydrogens is 332 g/mol. The van der Waals surface area contributed by atoms with Crippen LogP contribution < -0.4 is 10.1 Å². The van der Waals surface area contributed by atoms with Crippen molar-refractivity contribution < 1.29 is 4.74 Å². The summed E-state index contributed by atoms with van der Waals surface area (Å²) in [6.45, 7) is 15.9. The SMILES string of the molecule is CCN(CC)CCOc1ccc2c(c1)CCNC2c1cc(C)c(C)cc1C. The summed E-state index contributed by atoms with van der Waals surface area (Å²) in [6, 6.07) is 11.6. The molecule has 1 unspecified atom stereocenters. The maximum absolute atomic E-state index is 6.04. The summed E-state index contributed by atoms with van der Waals surface area (Å²) in [6.07, 6.45) is 1.06. The molecule has 0 aliphatic carbocycles. The summed E-state index contributed by atoms with van der Waals surface area (Å²) in [4.78, 5) is 2.39. The van der Waals surface area contributed by atoms with E-state index >= 15 is 0 Å². The summed E-state index contributed by atoms with van der Waals surface area (Å²) in [5, 5.41) is 3.72. The van der Waals surface area contributed by atoms with Crippen molar-refractivity contribution in [2.75, 3.05) is 32.8 Å². The molecule has 0 aromatic heterocycles. The predicted octanol–water partition coefficient (Wildman–Crippen LogP) is 4.57. The highest BCUT2D eigenvalue weighted by atomic mass is 16.5. The van der Waals surface area contributed by atoms with E-state index in [-0.39, 0.29) is 6.04 Å². The number of rotatable bonds is 7. The van der Waals surface area contributed by atoms with Gasteiger partial charge >= 0.3 is 0 Å². The normalized spacial score (nSPS) is 16.4. The molecule has 0 fully saturated rings. The Hall–Kier alpha value is -1.84. The monoisotopic (exact) mass is 366 g/mol. The molecule has 1 aliphatic rings. The predicted molar refractivity (Wildman–Crippen MR) is 114 cm³/mol. The van der Waals surface area contributed by atoms with Crippen LogP contribution in [0.3, 0.4) is 0 Å². The first-order valence-corrected chi connectivity index (χ1v) is 10.3. The Kier molecular flexibility index (Phi) is 6.56. The van der Waals surface area contributed by atoms with Crippen LogP contribution in [0, 0.1) is 20.8 Å². The minimum atomic E-state index is 0.276. The van der Waals surface area contributed by atoms with Gasteiger partial charge in [0.25, 0.3) is 0 Å². The third-order valence-corrected chi connectivity index (χ3v) is 5.93. The van der Waals surface area contributed by atoms with Crippen LogP contribution in [0.4, 0.5) is 0 Å². The van der Waals surface area contributed by atoms with Crippen molar-refractivity contribution in [3.05, 3.63) is 63.7 Å². The molecule has 1 atom stereocenters. The number of aryl methyl sites for hydroxylation is 3. The maximum atomic E-state index is 6.04. The van der Waals surface area contributed by atoms with Gasteiger partial charge in [0.05, 0.1) is 6.04 Å². The molecule has 0 saturated carbocycles. The molecular formula is C24H34N2O. The van der Waals surface area contributed by atoms with E-state index in [2.05, 4.69) is 75.2 Å². The molecule has 3 rings (SSSR count). The molecule has 1 aliphatic heterocycles. The van der Waals surface area contributed by atoms with E-state index < -0.39 is 0 Å². The highest BCUT2D eigenvalue weighted by Gasteiger charge is 2.23. The number of ether oxygens (including phenoxy) is 1. The lowest BCUT2D eigenvalue weighted by molar-refractivity contribution is 0.222. The summed E-state index contributed by atoms with van der Waals surface area (Å²) in [5.74, 6) is 0.998. The van der Waals surface area contributed by atoms with Gasteiger partial charge in [-0.1, -0.05) is 32.0 Å². The van der Waals surface area contributed by atoms with Crippen molar-refractivity contribution in [2.24, 2.45) is 0 Å². The van der Waals surface area contributed by atoms with Gasteiger partial charge in [-0.3, -0.25) is 0 Å². The van der Waals surface area contributed by atoms with Crippen LogP contribution in [0.25, 0.3) is 0 Å². The van der Waals surface area contributed by atoms with Gasteiger partial charge in [0.15, 0.2) is 0 Å². The summed E-state index contributed by atoms with van der Waals surface area (Å²) >= 11 is 0. The minimum Gasteiger partial charge on any atom is -0.492 e. The number of fused-ring (bicyclic) bond motifs is 1. The van der Waals surface area contributed by atoms with E-state index in [9.17, 15) is 0 Å². The first-order chi connectivity index (χ1) is 13.0. The van der Waals surface area contributed by atoms with Crippen molar-refractivity contribution in [3.8, 4) is 5.75 Å². The molecule has 2 aromatic rings. The fraction of sp³-hybridized carbons (Fsp3) is 0.500. The lowest BCUT2D eigenvalue weighted by Crippen LogP contribution is -2.31. The third-order valence-electron chi connectivity index (χ3n) is 5.93. The molecule has 3 nitrogen and oxygen atoms in total. The number of benzene rings is 2. The summed E-state index contributed by atoms with van der Waals surface area (Å²) in [5.41, 5.74) is 8.29. The summed E-state index contributed by atoms with van der Waals surface area (Å²) in [7, 11) is 0. The van der Waals surface area contributed by atoms with E-state index in [1.165, 1.54) is 33.4 Å². The molecule has 27 heavy (non-hydrogen) atoms. The molecule has 0 saturated heterocycles. The average molecular weight is 367 g/mol. The van der Waals surface area contributed by atoms with E-state index in [4.69, 9.17) is 4.74 Å². The molecule has 1 N–H and O–H groups in total. The van der Waals surface area contributed by atoms with Crippen molar-refractivity contribution >= 4 is 0 Å². The van der Waals surface area contributed by atoms with Crippen LogP contribution in [0.2, 0.25) is 0 Å². The second-order valence-corrected chi connectivity index (χ2v) is 7.67. The molecule has 0 radical (unpaired) electrons. The smallest absolute Gasteiger partial charge is 0.119 e. The summed E-state index contributed by atoms with van der Waals surface area (Å²) < 4.78 is 6.04. The zero-order valence-corrected chi connectivity index (χ0v) is 17.6. The zero-order valence-electron chi connectivity index (χ0n) is 17.6. The highest BCUT2D eigenvalue weighted by Crippen LogP contribution is 2.33. The van der Waals surface area contributed by atoms with Crippen molar-refractivity contribution in [3.63, 3.8) is 0 Å². The Morgan fingerprint density at radius 1 is 0.963 bits per heavy atom. The van der Waals surface area contributed by atoms with Gasteiger partial charge in [-0.05, 0) is 85.8 Å². The number of nitrogens with zero attached hydrogens (tertiary/aromatic N) is 1. The quantitative estimate of drug-likeness (QED) is 0.777. The maximum Gasteiger partial charge on any atom is 0.119 e. The molecule has 1 heterocycles. The average Bonchev–Trinajstić information content (AvgIpc) is 2.67. The lowest BCUT2D eigenvalue weighted by atomic mass is 9.86. The van der Waals surface area contributed by atoms with Crippen LogP contribution in [-0.2, 0) is 6.42 Å². The standard InChI is InChI=1S/C24H34N2O/c1-6-26(7-2)12-13-27-21-8-9-22-20(16-21)10-11-25-24(22)23-15-18(4)17(3)14-19(23)5/h8-9,14-16,24-25H,6-7,10-13H2,1-5H3. The van der Waals surface area contributed by atoms with Gasteiger partial charge < -0.3 is 15.0 Å². The van der Waals surface area contributed by atoms with Gasteiger partial charge in [-0.2, -0.15) is 0 Å². The molecule has 0 spiro atoms. The first kappa shape index (κ1) is 19.9. The Labute approximate surface area is 164 Å². The van der Waals surface area contributed by atoms with E-state index in [0.29, 0.717) is 0 Å². The van der Waals surface area contributed by atoms with Crippen LogP contribution >= 0.6 is 0 Å². The number of hydrogen-bond donors (Lipinski definition) is 1. The van der Waals surface area contributed by atoms with E-state index in [0.717, 1.165) is 45.0 Å². The van der Waals surface area contributed by atoms with Gasteiger partial charge in [0, 0.05) is 13.1 Å². The van der Waals surface area contributed by atoms with Crippen LogP contribution in [-0.4, -0.2) is 37.7 Å². The molecule has 146 valence electrons. The Balaban J connectivity index is 1.78. The van der Waals surface area contributed by atoms with Crippen molar-refractivity contribution in [1.29, 1.82) is 0 Å². The molecule has 0 amide bonds. The largest absolute Gasteiger partial charge is 0.492 e. The van der Waals surface area contributed by atoms with Gasteiger partial charge in [0.2, 0.25) is 0 Å². The topological polar surface area (TPSA) is 24.5 Å². The van der Waals surface area contributed by atoms with Crippen LogP contribution in [0.5, 0.6) is 5.75 Å². The fourth-order valence-electron chi connectivity index (χ4n) is 4.03. The number of nitrogens with one attached hydrogen (secondary N) is 1. The van der Waals surface area contributed by atoms with E-state index in [1.807, 2.05) is 0 Å². The second kappa shape index (κ2) is 8.90. The minimum absolute atomic E-state index is 0.276. The Morgan fingerprint density at radius 3 is 2.44 bits per heavy atom. The van der Waals surface area contributed by atoms with Crippen molar-refractivity contribution in [2.45, 2.75) is 47.1 Å². The van der Waals surface area contributed by atoms with Crippen LogP contribution in [0.15, 0.2) is 30.3 Å². The fourth-order valence-corrected chi connectivity index (χ4v) is 4.03. The van der Waals surface area contributed by atoms with Crippen LogP contribution in [0.1, 0.15) is 53.3 Å².